The third-order valence-corrected chi connectivity index (χ3v) is 4.37. The number of anilines is 1. The van der Waals surface area contributed by atoms with Gasteiger partial charge in [0.25, 0.3) is 5.91 Å². The molecular weight excluding hydrogens is 350 g/mol. The summed E-state index contributed by atoms with van der Waals surface area (Å²) in [5.74, 6) is -1.18. The molecule has 0 fully saturated rings. The van der Waals surface area contributed by atoms with Crippen molar-refractivity contribution in [1.29, 1.82) is 0 Å². The summed E-state index contributed by atoms with van der Waals surface area (Å²) in [4.78, 5) is 24.7. The largest absolute Gasteiger partial charge is 0.449 e. The predicted molar refractivity (Wildman–Crippen MR) is 93.7 cm³/mol. The van der Waals surface area contributed by atoms with Crippen molar-refractivity contribution in [2.75, 3.05) is 11.6 Å². The summed E-state index contributed by atoms with van der Waals surface area (Å²) in [6.45, 7) is 1.46. The number of nitrogens with one attached hydrogen (secondary N) is 1. The number of hydrogen-bond acceptors (Lipinski definition) is 4. The lowest BCUT2D eigenvalue weighted by Crippen LogP contribution is -2.30. The van der Waals surface area contributed by atoms with Gasteiger partial charge in [0.05, 0.1) is 21.3 Å². The number of carbonyl (C=O) groups excluding carboxylic acids is 2. The number of esters is 1. The molecule has 2 aromatic rings. The molecule has 1 amide bonds. The fraction of sp³-hybridized carbons (Fsp3) is 0.176. The molecule has 0 unspecified atom stereocenters. The Balaban J connectivity index is 2.06. The lowest BCUT2D eigenvalue weighted by Gasteiger charge is -2.14. The van der Waals surface area contributed by atoms with Crippen LogP contribution in [0, 0.1) is 0 Å². The molecule has 0 radical (unpaired) electrons. The molecule has 0 aliphatic heterocycles. The van der Waals surface area contributed by atoms with Gasteiger partial charge in [-0.05, 0) is 37.3 Å². The molecule has 0 aliphatic carbocycles. The normalized spacial score (nSPS) is 13.0. The number of halogens is 1. The van der Waals surface area contributed by atoms with Gasteiger partial charge in [-0.25, -0.2) is 4.79 Å². The molecular formula is C17H16ClNO4S. The summed E-state index contributed by atoms with van der Waals surface area (Å²) >= 11 is 5.85. The summed E-state index contributed by atoms with van der Waals surface area (Å²) in [6.07, 6.45) is 0.455. The maximum atomic E-state index is 12.2. The lowest BCUT2D eigenvalue weighted by molar-refractivity contribution is -0.123. The minimum Gasteiger partial charge on any atom is -0.449 e. The highest BCUT2D eigenvalue weighted by Crippen LogP contribution is 2.17. The van der Waals surface area contributed by atoms with Crippen LogP contribution in [-0.4, -0.2) is 28.4 Å². The van der Waals surface area contributed by atoms with E-state index < -0.39 is 28.8 Å². The van der Waals surface area contributed by atoms with Crippen molar-refractivity contribution in [3.05, 3.63) is 59.1 Å². The summed E-state index contributed by atoms with van der Waals surface area (Å²) < 4.78 is 16.8. The minimum atomic E-state index is -1.34. The molecule has 2 aromatic carbocycles. The number of benzene rings is 2. The highest BCUT2D eigenvalue weighted by molar-refractivity contribution is 7.84. The molecule has 126 valence electrons. The summed E-state index contributed by atoms with van der Waals surface area (Å²) in [6, 6.07) is 13.1. The first-order valence-electron chi connectivity index (χ1n) is 7.08. The van der Waals surface area contributed by atoms with E-state index in [2.05, 4.69) is 5.32 Å². The fourth-order valence-electron chi connectivity index (χ4n) is 1.97. The van der Waals surface area contributed by atoms with Gasteiger partial charge in [0.2, 0.25) is 0 Å². The van der Waals surface area contributed by atoms with Crippen LogP contribution in [0.15, 0.2) is 53.4 Å². The van der Waals surface area contributed by atoms with E-state index in [9.17, 15) is 13.8 Å². The molecule has 0 aliphatic rings. The standard InChI is InChI=1S/C17H16ClNO4S/c1-11(16(20)19-13-7-5-6-12(18)10-13)23-17(21)14-8-3-4-9-15(14)24(2)22/h3-11H,1-2H3,(H,19,20)/t11-,24+/m1/s1. The fourth-order valence-corrected chi connectivity index (χ4v) is 2.90. The van der Waals surface area contributed by atoms with Gasteiger partial charge in [-0.2, -0.15) is 0 Å². The number of hydrogen-bond donors (Lipinski definition) is 1. The Morgan fingerprint density at radius 3 is 2.54 bits per heavy atom. The molecule has 2 atom stereocenters. The van der Waals surface area contributed by atoms with E-state index in [0.29, 0.717) is 15.6 Å². The van der Waals surface area contributed by atoms with Crippen LogP contribution in [0.2, 0.25) is 5.02 Å². The van der Waals surface area contributed by atoms with E-state index in [1.54, 1.807) is 42.5 Å². The Bertz CT molecular complexity index is 794. The predicted octanol–water partition coefficient (Wildman–Crippen LogP) is 3.26. The molecule has 1 N–H and O–H groups in total. The molecule has 24 heavy (non-hydrogen) atoms. The van der Waals surface area contributed by atoms with E-state index in [4.69, 9.17) is 16.3 Å². The van der Waals surface area contributed by atoms with Gasteiger partial charge in [-0.1, -0.05) is 29.8 Å². The Hall–Kier alpha value is -2.18. The average Bonchev–Trinajstić information content (AvgIpc) is 2.54. The Morgan fingerprint density at radius 1 is 1.17 bits per heavy atom. The van der Waals surface area contributed by atoms with Crippen molar-refractivity contribution in [2.45, 2.75) is 17.9 Å². The van der Waals surface area contributed by atoms with E-state index >= 15 is 0 Å². The maximum absolute atomic E-state index is 12.2. The van der Waals surface area contributed by atoms with Crippen molar-refractivity contribution in [1.82, 2.24) is 0 Å². The quantitative estimate of drug-likeness (QED) is 0.825. The van der Waals surface area contributed by atoms with Gasteiger partial charge in [-0.15, -0.1) is 0 Å². The number of ether oxygens (including phenoxy) is 1. The maximum Gasteiger partial charge on any atom is 0.340 e. The first kappa shape index (κ1) is 18.2. The van der Waals surface area contributed by atoms with Crippen molar-refractivity contribution in [3.8, 4) is 0 Å². The second-order valence-corrected chi connectivity index (χ2v) is 6.78. The van der Waals surface area contributed by atoms with Crippen LogP contribution in [0.25, 0.3) is 0 Å². The molecule has 0 bridgehead atoms. The van der Waals surface area contributed by atoms with Crippen LogP contribution in [-0.2, 0) is 20.3 Å². The molecule has 5 nitrogen and oxygen atoms in total. The minimum absolute atomic E-state index is 0.181. The SMILES string of the molecule is C[C@@H](OC(=O)c1ccccc1[S@](C)=O)C(=O)Nc1cccc(Cl)c1. The lowest BCUT2D eigenvalue weighted by atomic mass is 10.2. The number of amides is 1. The molecule has 0 spiro atoms. The molecule has 7 heteroatoms. The van der Waals surface area contributed by atoms with Crippen molar-refractivity contribution in [3.63, 3.8) is 0 Å². The van der Waals surface area contributed by atoms with Crippen molar-refractivity contribution in [2.24, 2.45) is 0 Å². The van der Waals surface area contributed by atoms with Gasteiger partial charge < -0.3 is 10.1 Å². The molecule has 0 heterocycles. The van der Waals surface area contributed by atoms with Gasteiger partial charge in [0.1, 0.15) is 0 Å². The Labute approximate surface area is 147 Å². The highest BCUT2D eigenvalue weighted by Gasteiger charge is 2.21. The van der Waals surface area contributed by atoms with Crippen LogP contribution in [0.4, 0.5) is 5.69 Å². The Kier molecular flexibility index (Phi) is 6.11. The summed E-state index contributed by atoms with van der Waals surface area (Å²) in [5.41, 5.74) is 0.686. The van der Waals surface area contributed by atoms with E-state index in [0.717, 1.165) is 0 Å². The van der Waals surface area contributed by atoms with Gasteiger partial charge >= 0.3 is 5.97 Å². The summed E-state index contributed by atoms with van der Waals surface area (Å²) in [7, 11) is -1.34. The van der Waals surface area contributed by atoms with Crippen LogP contribution < -0.4 is 5.32 Å². The van der Waals surface area contributed by atoms with E-state index in [1.807, 2.05) is 0 Å². The zero-order valence-corrected chi connectivity index (χ0v) is 14.7. The Morgan fingerprint density at radius 2 is 1.88 bits per heavy atom. The summed E-state index contributed by atoms with van der Waals surface area (Å²) in [5, 5.41) is 3.10. The van der Waals surface area contributed by atoms with Gasteiger partial charge in [0, 0.05) is 17.0 Å². The first-order chi connectivity index (χ1) is 11.4. The smallest absolute Gasteiger partial charge is 0.340 e. The number of carbonyl (C=O) groups is 2. The third-order valence-electron chi connectivity index (χ3n) is 3.16. The second-order valence-electron chi connectivity index (χ2n) is 5.00. The molecule has 0 saturated heterocycles. The molecule has 0 saturated carbocycles. The van der Waals surface area contributed by atoms with Crippen LogP contribution in [0.3, 0.4) is 0 Å². The van der Waals surface area contributed by atoms with E-state index in [-0.39, 0.29) is 5.56 Å². The van der Waals surface area contributed by atoms with Crippen LogP contribution >= 0.6 is 11.6 Å². The first-order valence-corrected chi connectivity index (χ1v) is 9.02. The zero-order valence-electron chi connectivity index (χ0n) is 13.1. The topological polar surface area (TPSA) is 72.5 Å². The highest BCUT2D eigenvalue weighted by atomic mass is 35.5. The number of rotatable bonds is 5. The van der Waals surface area contributed by atoms with Gasteiger partial charge in [-0.3, -0.25) is 9.00 Å². The van der Waals surface area contributed by atoms with Gasteiger partial charge in [0.15, 0.2) is 6.10 Å². The van der Waals surface area contributed by atoms with Crippen molar-refractivity contribution >= 4 is 40.0 Å². The average molecular weight is 366 g/mol. The monoisotopic (exact) mass is 365 g/mol. The third kappa shape index (κ3) is 4.66. The van der Waals surface area contributed by atoms with Crippen LogP contribution in [0.1, 0.15) is 17.3 Å². The van der Waals surface area contributed by atoms with Crippen LogP contribution in [0.5, 0.6) is 0 Å². The van der Waals surface area contributed by atoms with E-state index in [1.165, 1.54) is 19.2 Å². The zero-order chi connectivity index (χ0) is 17.7. The second kappa shape index (κ2) is 8.08. The molecule has 0 aromatic heterocycles. The molecule has 2 rings (SSSR count). The van der Waals surface area contributed by atoms with Crippen molar-refractivity contribution < 1.29 is 18.5 Å².